The van der Waals surface area contributed by atoms with Gasteiger partial charge in [-0.1, -0.05) is 0 Å². The second-order valence-corrected chi connectivity index (χ2v) is 4.91. The molecule has 0 aliphatic carbocycles. The average Bonchev–Trinajstić information content (AvgIpc) is 2.58. The fraction of sp³-hybridized carbons (Fsp3) is 0.333. The number of thiophene rings is 1. The van der Waals surface area contributed by atoms with E-state index in [0.29, 0.717) is 6.54 Å². The molecule has 0 N–H and O–H groups in total. The number of imide groups is 1. The van der Waals surface area contributed by atoms with Crippen LogP contribution in [0.5, 0.6) is 0 Å². The predicted molar refractivity (Wildman–Crippen MR) is 58.4 cm³/mol. The number of rotatable bonds is 2. The highest BCUT2D eigenvalue weighted by atomic mass is 79.9. The lowest BCUT2D eigenvalue weighted by Gasteiger charge is -2.24. The number of halogens is 1. The van der Waals surface area contributed by atoms with E-state index in [1.54, 1.807) is 0 Å². The van der Waals surface area contributed by atoms with Gasteiger partial charge in [0.1, 0.15) is 13.2 Å². The first-order valence-corrected chi connectivity index (χ1v) is 5.98. The van der Waals surface area contributed by atoms with Crippen molar-refractivity contribution in [2.75, 3.05) is 13.2 Å². The highest BCUT2D eigenvalue weighted by molar-refractivity contribution is 9.10. The molecule has 2 amide bonds. The van der Waals surface area contributed by atoms with Gasteiger partial charge < -0.3 is 4.74 Å². The van der Waals surface area contributed by atoms with Crippen molar-refractivity contribution in [2.24, 2.45) is 0 Å². The molecule has 0 atom stereocenters. The van der Waals surface area contributed by atoms with E-state index >= 15 is 0 Å². The maximum Gasteiger partial charge on any atom is 0.255 e. The van der Waals surface area contributed by atoms with Crippen molar-refractivity contribution in [3.8, 4) is 0 Å². The number of ether oxygens (including phenoxy) is 1. The van der Waals surface area contributed by atoms with Gasteiger partial charge in [-0.3, -0.25) is 14.5 Å². The van der Waals surface area contributed by atoms with Gasteiger partial charge in [0.25, 0.3) is 11.8 Å². The second-order valence-electron chi connectivity index (χ2n) is 3.06. The van der Waals surface area contributed by atoms with Crippen LogP contribution < -0.4 is 0 Å². The highest BCUT2D eigenvalue weighted by Crippen LogP contribution is 2.24. The third-order valence-corrected chi connectivity index (χ3v) is 3.96. The van der Waals surface area contributed by atoms with Crippen LogP contribution in [0.15, 0.2) is 15.9 Å². The zero-order valence-corrected chi connectivity index (χ0v) is 10.1. The Bertz CT molecular complexity index is 388. The minimum atomic E-state index is -0.272. The topological polar surface area (TPSA) is 46.6 Å². The first-order chi connectivity index (χ1) is 7.18. The van der Waals surface area contributed by atoms with E-state index in [2.05, 4.69) is 15.9 Å². The van der Waals surface area contributed by atoms with Gasteiger partial charge in [-0.15, -0.1) is 11.3 Å². The van der Waals surface area contributed by atoms with Crippen LogP contribution in [0.3, 0.4) is 0 Å². The molecule has 1 aliphatic rings. The molecule has 0 bridgehead atoms. The van der Waals surface area contributed by atoms with Crippen molar-refractivity contribution in [1.29, 1.82) is 0 Å². The van der Waals surface area contributed by atoms with Crippen LogP contribution in [-0.4, -0.2) is 29.9 Å². The third-order valence-electron chi connectivity index (χ3n) is 2.05. The first kappa shape index (κ1) is 10.8. The molecule has 1 aromatic rings. The summed E-state index contributed by atoms with van der Waals surface area (Å²) in [4.78, 5) is 25.0. The molecule has 0 radical (unpaired) electrons. The molecule has 0 spiro atoms. The third kappa shape index (κ3) is 2.27. The van der Waals surface area contributed by atoms with Crippen molar-refractivity contribution in [1.82, 2.24) is 4.90 Å². The average molecular weight is 290 g/mol. The van der Waals surface area contributed by atoms with Crippen LogP contribution in [-0.2, 0) is 20.9 Å². The van der Waals surface area contributed by atoms with Gasteiger partial charge in [-0.05, 0) is 27.4 Å². The Balaban J connectivity index is 2.13. The molecule has 6 heteroatoms. The largest absolute Gasteiger partial charge is 0.362 e. The highest BCUT2D eigenvalue weighted by Gasteiger charge is 2.27. The standard InChI is InChI=1S/C9H8BrNO3S/c10-6-1-2-15-7(6)3-11-8(12)4-14-5-9(11)13/h1-2H,3-5H2. The van der Waals surface area contributed by atoms with Crippen molar-refractivity contribution in [2.45, 2.75) is 6.54 Å². The van der Waals surface area contributed by atoms with Crippen LogP contribution in [0.4, 0.5) is 0 Å². The molecule has 2 rings (SSSR count). The summed E-state index contributed by atoms with van der Waals surface area (Å²) in [6, 6.07) is 1.90. The van der Waals surface area contributed by atoms with E-state index in [4.69, 9.17) is 4.74 Å². The molecule has 0 saturated carbocycles. The van der Waals surface area contributed by atoms with Crippen molar-refractivity contribution in [3.05, 3.63) is 20.8 Å². The van der Waals surface area contributed by atoms with E-state index in [1.165, 1.54) is 16.2 Å². The molecule has 0 aromatic carbocycles. The van der Waals surface area contributed by atoms with Gasteiger partial charge in [-0.25, -0.2) is 0 Å². The van der Waals surface area contributed by atoms with Gasteiger partial charge in [0, 0.05) is 9.35 Å². The molecule has 0 unspecified atom stereocenters. The normalized spacial score (nSPS) is 17.3. The molecular formula is C9H8BrNO3S. The monoisotopic (exact) mass is 289 g/mol. The van der Waals surface area contributed by atoms with E-state index in [-0.39, 0.29) is 25.0 Å². The zero-order chi connectivity index (χ0) is 10.8. The van der Waals surface area contributed by atoms with Gasteiger partial charge in [0.05, 0.1) is 6.54 Å². The van der Waals surface area contributed by atoms with Crippen molar-refractivity contribution < 1.29 is 14.3 Å². The molecular weight excluding hydrogens is 282 g/mol. The number of nitrogens with zero attached hydrogens (tertiary/aromatic N) is 1. The predicted octanol–water partition coefficient (Wildman–Crippen LogP) is 1.40. The molecule has 1 aromatic heterocycles. The number of carbonyl (C=O) groups is 2. The molecule has 4 nitrogen and oxygen atoms in total. The van der Waals surface area contributed by atoms with Crippen molar-refractivity contribution >= 4 is 39.1 Å². The Morgan fingerprint density at radius 1 is 1.40 bits per heavy atom. The van der Waals surface area contributed by atoms with E-state index < -0.39 is 0 Å². The summed E-state index contributed by atoms with van der Waals surface area (Å²) >= 11 is 4.88. The van der Waals surface area contributed by atoms with Gasteiger partial charge >= 0.3 is 0 Å². The van der Waals surface area contributed by atoms with Gasteiger partial charge in [0.15, 0.2) is 0 Å². The summed E-state index contributed by atoms with van der Waals surface area (Å²) in [5.41, 5.74) is 0. The van der Waals surface area contributed by atoms with E-state index in [9.17, 15) is 9.59 Å². The van der Waals surface area contributed by atoms with Crippen LogP contribution in [0, 0.1) is 0 Å². The zero-order valence-electron chi connectivity index (χ0n) is 7.73. The lowest BCUT2D eigenvalue weighted by atomic mass is 10.3. The van der Waals surface area contributed by atoms with Gasteiger partial charge in [0.2, 0.25) is 0 Å². The lowest BCUT2D eigenvalue weighted by molar-refractivity contribution is -0.159. The number of amides is 2. The minimum absolute atomic E-state index is 0.00522. The molecule has 80 valence electrons. The molecule has 1 saturated heterocycles. The minimum Gasteiger partial charge on any atom is -0.362 e. The maximum atomic E-state index is 11.4. The van der Waals surface area contributed by atoms with Crippen LogP contribution in [0.1, 0.15) is 4.88 Å². The van der Waals surface area contributed by atoms with Crippen molar-refractivity contribution in [3.63, 3.8) is 0 Å². The Morgan fingerprint density at radius 2 is 2.07 bits per heavy atom. The van der Waals surface area contributed by atoms with Crippen LogP contribution >= 0.6 is 27.3 Å². The number of carbonyl (C=O) groups excluding carboxylic acids is 2. The Hall–Kier alpha value is -0.720. The molecule has 1 aliphatic heterocycles. The molecule has 15 heavy (non-hydrogen) atoms. The number of hydrogen-bond donors (Lipinski definition) is 0. The summed E-state index contributed by atoms with van der Waals surface area (Å²) in [6.45, 7) is 0.322. The lowest BCUT2D eigenvalue weighted by Crippen LogP contribution is -2.45. The molecule has 1 fully saturated rings. The summed E-state index contributed by atoms with van der Waals surface area (Å²) in [6.07, 6.45) is 0. The number of hydrogen-bond acceptors (Lipinski definition) is 4. The number of morpholine rings is 1. The Labute approximate surface area is 99.0 Å². The van der Waals surface area contributed by atoms with E-state index in [0.717, 1.165) is 9.35 Å². The first-order valence-electron chi connectivity index (χ1n) is 4.31. The SMILES string of the molecule is O=C1COCC(=O)N1Cc1sccc1Br. The summed E-state index contributed by atoms with van der Waals surface area (Å²) in [5, 5.41) is 1.91. The fourth-order valence-electron chi connectivity index (χ4n) is 1.28. The van der Waals surface area contributed by atoms with E-state index in [1.807, 2.05) is 11.4 Å². The smallest absolute Gasteiger partial charge is 0.255 e. The fourth-order valence-corrected chi connectivity index (χ4v) is 2.74. The second kappa shape index (κ2) is 4.42. The van der Waals surface area contributed by atoms with Crippen LogP contribution in [0.2, 0.25) is 0 Å². The summed E-state index contributed by atoms with van der Waals surface area (Å²) < 4.78 is 5.75. The van der Waals surface area contributed by atoms with Crippen LogP contribution in [0.25, 0.3) is 0 Å². The Morgan fingerprint density at radius 3 is 2.60 bits per heavy atom. The Kier molecular flexibility index (Phi) is 3.18. The quantitative estimate of drug-likeness (QED) is 0.773. The summed E-state index contributed by atoms with van der Waals surface area (Å²) in [7, 11) is 0. The molecule has 2 heterocycles. The maximum absolute atomic E-state index is 11.4. The van der Waals surface area contributed by atoms with Gasteiger partial charge in [-0.2, -0.15) is 0 Å². The summed E-state index contributed by atoms with van der Waals surface area (Å²) in [5.74, 6) is -0.543.